The molecule has 106 valence electrons. The lowest BCUT2D eigenvalue weighted by molar-refractivity contribution is 0.523. The second kappa shape index (κ2) is 6.82. The zero-order valence-electron chi connectivity index (χ0n) is 11.2. The topological polar surface area (TPSA) is 12.0 Å². The van der Waals surface area contributed by atoms with Gasteiger partial charge in [0.2, 0.25) is 0 Å². The Morgan fingerprint density at radius 2 is 1.95 bits per heavy atom. The zero-order chi connectivity index (χ0) is 14.5. The molecule has 0 fully saturated rings. The highest BCUT2D eigenvalue weighted by Gasteiger charge is 2.14. The highest BCUT2D eigenvalue weighted by molar-refractivity contribution is 6.30. The van der Waals surface area contributed by atoms with Gasteiger partial charge in [-0.05, 0) is 54.4 Å². The third kappa shape index (κ3) is 3.78. The molecule has 0 radical (unpaired) electrons. The van der Waals surface area contributed by atoms with Crippen molar-refractivity contribution in [2.75, 3.05) is 6.54 Å². The Morgan fingerprint density at radius 1 is 1.15 bits per heavy atom. The molecular weight excluding hydrogens is 280 g/mol. The maximum Gasteiger partial charge on any atom is 0.126 e. The van der Waals surface area contributed by atoms with E-state index < -0.39 is 0 Å². The molecule has 0 aliphatic carbocycles. The van der Waals surface area contributed by atoms with Crippen molar-refractivity contribution in [1.82, 2.24) is 5.32 Å². The van der Waals surface area contributed by atoms with Crippen LogP contribution in [0.3, 0.4) is 0 Å². The van der Waals surface area contributed by atoms with Crippen molar-refractivity contribution in [3.05, 3.63) is 70.2 Å². The van der Waals surface area contributed by atoms with Gasteiger partial charge in [0.15, 0.2) is 0 Å². The maximum atomic E-state index is 13.8. The molecule has 0 aliphatic rings. The first-order chi connectivity index (χ1) is 9.60. The van der Waals surface area contributed by atoms with Crippen molar-refractivity contribution in [3.8, 4) is 0 Å². The molecule has 0 amide bonds. The fourth-order valence-corrected chi connectivity index (χ4v) is 2.39. The second-order valence-corrected chi connectivity index (χ2v) is 5.04. The Bertz CT molecular complexity index is 586. The average molecular weight is 296 g/mol. The molecule has 0 bridgehead atoms. The maximum absolute atomic E-state index is 13.8. The summed E-state index contributed by atoms with van der Waals surface area (Å²) >= 11 is 5.90. The summed E-state index contributed by atoms with van der Waals surface area (Å²) < 4.78 is 27.1. The van der Waals surface area contributed by atoms with Gasteiger partial charge in [0.25, 0.3) is 0 Å². The van der Waals surface area contributed by atoms with E-state index in [2.05, 4.69) is 5.32 Å². The predicted octanol–water partition coefficient (Wildman–Crippen LogP) is 4.51. The first-order valence-electron chi connectivity index (χ1n) is 6.53. The standard InChI is InChI=1S/C16H16ClF2N/c1-2-20-16(11-4-3-5-14(18)9-11)10-12-8-13(17)6-7-15(12)19/h3-9,16,20H,2,10H2,1H3. The van der Waals surface area contributed by atoms with Gasteiger partial charge in [-0.3, -0.25) is 0 Å². The van der Waals surface area contributed by atoms with Crippen LogP contribution in [0.15, 0.2) is 42.5 Å². The quantitative estimate of drug-likeness (QED) is 0.855. The van der Waals surface area contributed by atoms with Crippen molar-refractivity contribution in [2.45, 2.75) is 19.4 Å². The summed E-state index contributed by atoms with van der Waals surface area (Å²) in [6, 6.07) is 10.7. The normalized spacial score (nSPS) is 12.4. The van der Waals surface area contributed by atoms with E-state index in [0.29, 0.717) is 23.6 Å². The summed E-state index contributed by atoms with van der Waals surface area (Å²) in [7, 11) is 0. The Kier molecular flexibility index (Phi) is 5.10. The van der Waals surface area contributed by atoms with Crippen molar-refractivity contribution in [2.24, 2.45) is 0 Å². The molecule has 1 atom stereocenters. The fraction of sp³-hybridized carbons (Fsp3) is 0.250. The average Bonchev–Trinajstić information content (AvgIpc) is 2.42. The number of hydrogen-bond donors (Lipinski definition) is 1. The van der Waals surface area contributed by atoms with Gasteiger partial charge >= 0.3 is 0 Å². The molecule has 0 saturated carbocycles. The van der Waals surface area contributed by atoms with Crippen molar-refractivity contribution >= 4 is 11.6 Å². The first-order valence-corrected chi connectivity index (χ1v) is 6.90. The zero-order valence-corrected chi connectivity index (χ0v) is 11.9. The minimum Gasteiger partial charge on any atom is -0.310 e. The number of rotatable bonds is 5. The molecule has 2 rings (SSSR count). The molecule has 0 saturated heterocycles. The van der Waals surface area contributed by atoms with Gasteiger partial charge in [0, 0.05) is 11.1 Å². The van der Waals surface area contributed by atoms with Gasteiger partial charge in [-0.25, -0.2) is 8.78 Å². The number of hydrogen-bond acceptors (Lipinski definition) is 1. The van der Waals surface area contributed by atoms with Crippen LogP contribution in [-0.4, -0.2) is 6.54 Å². The molecule has 20 heavy (non-hydrogen) atoms. The first kappa shape index (κ1) is 14.9. The molecule has 1 nitrogen and oxygen atoms in total. The molecule has 2 aromatic carbocycles. The second-order valence-electron chi connectivity index (χ2n) is 4.61. The van der Waals surface area contributed by atoms with Gasteiger partial charge < -0.3 is 5.32 Å². The van der Waals surface area contributed by atoms with Crippen molar-refractivity contribution in [1.29, 1.82) is 0 Å². The van der Waals surface area contributed by atoms with Crippen LogP contribution in [-0.2, 0) is 6.42 Å². The lowest BCUT2D eigenvalue weighted by atomic mass is 9.98. The monoisotopic (exact) mass is 295 g/mol. The number of benzene rings is 2. The Morgan fingerprint density at radius 3 is 2.65 bits per heavy atom. The van der Waals surface area contributed by atoms with E-state index in [1.807, 2.05) is 13.0 Å². The molecule has 0 spiro atoms. The van der Waals surface area contributed by atoms with Gasteiger partial charge in [0.1, 0.15) is 11.6 Å². The van der Waals surface area contributed by atoms with E-state index in [9.17, 15) is 8.78 Å². The van der Waals surface area contributed by atoms with E-state index in [1.165, 1.54) is 24.3 Å². The van der Waals surface area contributed by atoms with E-state index in [4.69, 9.17) is 11.6 Å². The van der Waals surface area contributed by atoms with E-state index in [0.717, 1.165) is 5.56 Å². The van der Waals surface area contributed by atoms with Crippen molar-refractivity contribution < 1.29 is 8.78 Å². The molecule has 1 unspecified atom stereocenters. The summed E-state index contributed by atoms with van der Waals surface area (Å²) in [5, 5.41) is 3.74. The van der Waals surface area contributed by atoms with Gasteiger partial charge in [-0.1, -0.05) is 30.7 Å². The summed E-state index contributed by atoms with van der Waals surface area (Å²) in [6.07, 6.45) is 0.420. The smallest absolute Gasteiger partial charge is 0.126 e. The number of nitrogens with one attached hydrogen (secondary N) is 1. The van der Waals surface area contributed by atoms with Crippen LogP contribution in [0, 0.1) is 11.6 Å². The third-order valence-corrected chi connectivity index (χ3v) is 3.37. The minimum atomic E-state index is -0.297. The molecule has 0 aliphatic heterocycles. The minimum absolute atomic E-state index is 0.149. The predicted molar refractivity (Wildman–Crippen MR) is 77.9 cm³/mol. The fourth-order valence-electron chi connectivity index (χ4n) is 2.20. The Hall–Kier alpha value is -1.45. The molecule has 0 aromatic heterocycles. The summed E-state index contributed by atoms with van der Waals surface area (Å²) in [4.78, 5) is 0. The highest BCUT2D eigenvalue weighted by Crippen LogP contribution is 2.23. The Balaban J connectivity index is 2.27. The number of likely N-dealkylation sites (N-methyl/N-ethyl adjacent to an activating group) is 1. The van der Waals surface area contributed by atoms with Crippen LogP contribution in [0.5, 0.6) is 0 Å². The van der Waals surface area contributed by atoms with Crippen LogP contribution in [0.2, 0.25) is 5.02 Å². The SMILES string of the molecule is CCNC(Cc1cc(Cl)ccc1F)c1cccc(F)c1. The van der Waals surface area contributed by atoms with Crippen LogP contribution in [0.4, 0.5) is 8.78 Å². The van der Waals surface area contributed by atoms with E-state index >= 15 is 0 Å². The lowest BCUT2D eigenvalue weighted by Gasteiger charge is -2.19. The van der Waals surface area contributed by atoms with Gasteiger partial charge in [-0.15, -0.1) is 0 Å². The lowest BCUT2D eigenvalue weighted by Crippen LogP contribution is -2.23. The van der Waals surface area contributed by atoms with Crippen molar-refractivity contribution in [3.63, 3.8) is 0 Å². The molecule has 0 heterocycles. The van der Waals surface area contributed by atoms with Crippen LogP contribution in [0.25, 0.3) is 0 Å². The van der Waals surface area contributed by atoms with Crippen LogP contribution < -0.4 is 5.32 Å². The molecule has 1 N–H and O–H groups in total. The third-order valence-electron chi connectivity index (χ3n) is 3.13. The summed E-state index contributed by atoms with van der Waals surface area (Å²) in [5.74, 6) is -0.592. The Labute approximate surface area is 122 Å². The largest absolute Gasteiger partial charge is 0.310 e. The molecule has 2 aromatic rings. The summed E-state index contributed by atoms with van der Waals surface area (Å²) in [6.45, 7) is 2.67. The summed E-state index contributed by atoms with van der Waals surface area (Å²) in [5.41, 5.74) is 1.32. The molecule has 4 heteroatoms. The van der Waals surface area contributed by atoms with Crippen LogP contribution >= 0.6 is 11.6 Å². The van der Waals surface area contributed by atoms with Crippen LogP contribution in [0.1, 0.15) is 24.1 Å². The van der Waals surface area contributed by atoms with Gasteiger partial charge in [-0.2, -0.15) is 0 Å². The number of halogens is 3. The van der Waals surface area contributed by atoms with Gasteiger partial charge in [0.05, 0.1) is 0 Å². The highest BCUT2D eigenvalue weighted by atomic mass is 35.5. The van der Waals surface area contributed by atoms with E-state index in [1.54, 1.807) is 12.1 Å². The molecular formula is C16H16ClF2N. The van der Waals surface area contributed by atoms with E-state index in [-0.39, 0.29) is 17.7 Å².